The van der Waals surface area contributed by atoms with E-state index >= 15 is 0 Å². The monoisotopic (exact) mass is 328 g/mol. The molecule has 2 N–H and O–H groups in total. The third kappa shape index (κ3) is 3.25. The number of anilines is 1. The molecule has 3 rings (SSSR count). The van der Waals surface area contributed by atoms with Gasteiger partial charge in [0, 0.05) is 18.7 Å². The van der Waals surface area contributed by atoms with Gasteiger partial charge in [0.2, 0.25) is 0 Å². The van der Waals surface area contributed by atoms with Crippen molar-refractivity contribution in [2.75, 3.05) is 5.32 Å². The summed E-state index contributed by atoms with van der Waals surface area (Å²) in [6.07, 6.45) is 3.24. The van der Waals surface area contributed by atoms with Crippen LogP contribution in [0.25, 0.3) is 0 Å². The average Bonchev–Trinajstić information content (AvgIpc) is 2.95. The Bertz CT molecular complexity index is 743. The standard InChI is InChI=1S/C17H24N6O/c1-10-9-11(2)18-12(3)15(10)20-17(24)19-13(4)16-22-21-14-7-5-6-8-23(14)16/h9,13H,5-8H2,1-4H3,(H2,19,20,24). The van der Waals surface area contributed by atoms with Crippen LogP contribution in [0.15, 0.2) is 6.07 Å². The zero-order chi connectivity index (χ0) is 17.3. The first kappa shape index (κ1) is 16.4. The molecule has 1 aliphatic heterocycles. The summed E-state index contributed by atoms with van der Waals surface area (Å²) in [4.78, 5) is 16.8. The Kier molecular flexibility index (Phi) is 4.51. The highest BCUT2D eigenvalue weighted by atomic mass is 16.2. The molecule has 24 heavy (non-hydrogen) atoms. The molecule has 7 heteroatoms. The number of carbonyl (C=O) groups is 1. The molecule has 0 spiro atoms. The van der Waals surface area contributed by atoms with Gasteiger partial charge in [-0.05, 0) is 52.2 Å². The molecule has 128 valence electrons. The molecule has 3 heterocycles. The zero-order valence-corrected chi connectivity index (χ0v) is 14.7. The largest absolute Gasteiger partial charge is 0.328 e. The summed E-state index contributed by atoms with van der Waals surface area (Å²) < 4.78 is 2.12. The minimum absolute atomic E-state index is 0.205. The summed E-state index contributed by atoms with van der Waals surface area (Å²) in [5.41, 5.74) is 3.52. The summed E-state index contributed by atoms with van der Waals surface area (Å²) in [6.45, 7) is 8.66. The van der Waals surface area contributed by atoms with E-state index < -0.39 is 0 Å². The lowest BCUT2D eigenvalue weighted by atomic mass is 10.1. The Labute approximate surface area is 141 Å². The summed E-state index contributed by atoms with van der Waals surface area (Å²) in [6, 6.07) is 1.50. The number of fused-ring (bicyclic) bond motifs is 1. The molecule has 1 atom stereocenters. The van der Waals surface area contributed by atoms with E-state index in [4.69, 9.17) is 0 Å². The topological polar surface area (TPSA) is 84.7 Å². The molecule has 0 saturated carbocycles. The molecule has 2 aromatic heterocycles. The van der Waals surface area contributed by atoms with Crippen LogP contribution in [0, 0.1) is 20.8 Å². The number of rotatable bonds is 3. The van der Waals surface area contributed by atoms with Gasteiger partial charge in [0.1, 0.15) is 5.82 Å². The van der Waals surface area contributed by atoms with Crippen LogP contribution in [-0.2, 0) is 13.0 Å². The van der Waals surface area contributed by atoms with E-state index in [1.165, 1.54) is 0 Å². The molecular formula is C17H24N6O. The normalized spacial score (nSPS) is 14.8. The van der Waals surface area contributed by atoms with E-state index in [1.807, 2.05) is 33.8 Å². The Morgan fingerprint density at radius 2 is 2.04 bits per heavy atom. The number of carbonyl (C=O) groups excluding carboxylic acids is 1. The molecular weight excluding hydrogens is 304 g/mol. The summed E-state index contributed by atoms with van der Waals surface area (Å²) in [7, 11) is 0. The summed E-state index contributed by atoms with van der Waals surface area (Å²) in [5, 5.41) is 14.4. The molecule has 2 aromatic rings. The number of hydrogen-bond donors (Lipinski definition) is 2. The molecule has 7 nitrogen and oxygen atoms in total. The van der Waals surface area contributed by atoms with Crippen LogP contribution < -0.4 is 10.6 Å². The zero-order valence-electron chi connectivity index (χ0n) is 14.7. The fourth-order valence-electron chi connectivity index (χ4n) is 3.27. The van der Waals surface area contributed by atoms with Crippen LogP contribution in [0.4, 0.5) is 10.5 Å². The van der Waals surface area contributed by atoms with Crippen molar-refractivity contribution in [3.05, 3.63) is 34.7 Å². The van der Waals surface area contributed by atoms with Crippen molar-refractivity contribution < 1.29 is 4.79 Å². The second kappa shape index (κ2) is 6.59. The van der Waals surface area contributed by atoms with Crippen molar-refractivity contribution in [1.82, 2.24) is 25.1 Å². The fourth-order valence-corrected chi connectivity index (χ4v) is 3.27. The van der Waals surface area contributed by atoms with Gasteiger partial charge in [-0.2, -0.15) is 0 Å². The molecule has 2 amide bonds. The van der Waals surface area contributed by atoms with Gasteiger partial charge in [-0.25, -0.2) is 4.79 Å². The lowest BCUT2D eigenvalue weighted by Crippen LogP contribution is -2.33. The van der Waals surface area contributed by atoms with Gasteiger partial charge in [0.15, 0.2) is 5.82 Å². The SMILES string of the molecule is Cc1cc(C)c(NC(=O)NC(C)c2nnc3n2CCCC3)c(C)n1. The maximum atomic E-state index is 12.4. The van der Waals surface area contributed by atoms with Gasteiger partial charge in [-0.3, -0.25) is 4.98 Å². The van der Waals surface area contributed by atoms with Crippen LogP contribution in [0.1, 0.15) is 54.4 Å². The van der Waals surface area contributed by atoms with E-state index in [0.717, 1.165) is 60.1 Å². The van der Waals surface area contributed by atoms with Gasteiger partial charge in [0.25, 0.3) is 0 Å². The molecule has 0 aromatic carbocycles. The van der Waals surface area contributed by atoms with E-state index in [2.05, 4.69) is 30.4 Å². The fraction of sp³-hybridized carbons (Fsp3) is 0.529. The van der Waals surface area contributed by atoms with Crippen molar-refractivity contribution >= 4 is 11.7 Å². The van der Waals surface area contributed by atoms with Crippen LogP contribution in [0.5, 0.6) is 0 Å². The summed E-state index contributed by atoms with van der Waals surface area (Å²) >= 11 is 0. The molecule has 0 radical (unpaired) electrons. The number of nitrogens with zero attached hydrogens (tertiary/aromatic N) is 4. The van der Waals surface area contributed by atoms with E-state index in [1.54, 1.807) is 0 Å². The van der Waals surface area contributed by atoms with E-state index in [9.17, 15) is 4.79 Å². The quantitative estimate of drug-likeness (QED) is 0.907. The molecule has 0 bridgehead atoms. The average molecular weight is 328 g/mol. The van der Waals surface area contributed by atoms with Crippen molar-refractivity contribution in [2.24, 2.45) is 0 Å². The lowest BCUT2D eigenvalue weighted by molar-refractivity contribution is 0.248. The van der Waals surface area contributed by atoms with Gasteiger partial charge in [-0.1, -0.05) is 0 Å². The Morgan fingerprint density at radius 1 is 1.25 bits per heavy atom. The van der Waals surface area contributed by atoms with Crippen LogP contribution >= 0.6 is 0 Å². The molecule has 0 saturated heterocycles. The first-order valence-electron chi connectivity index (χ1n) is 8.40. The molecule has 1 unspecified atom stereocenters. The van der Waals surface area contributed by atoms with Crippen molar-refractivity contribution in [1.29, 1.82) is 0 Å². The first-order chi connectivity index (χ1) is 11.5. The number of hydrogen-bond acceptors (Lipinski definition) is 4. The summed E-state index contributed by atoms with van der Waals surface area (Å²) in [5.74, 6) is 1.83. The lowest BCUT2D eigenvalue weighted by Gasteiger charge is -2.19. The Hall–Kier alpha value is -2.44. The van der Waals surface area contributed by atoms with Crippen LogP contribution in [0.3, 0.4) is 0 Å². The van der Waals surface area contributed by atoms with Crippen LogP contribution in [0.2, 0.25) is 0 Å². The Morgan fingerprint density at radius 3 is 2.79 bits per heavy atom. The highest BCUT2D eigenvalue weighted by Crippen LogP contribution is 2.21. The van der Waals surface area contributed by atoms with E-state index in [0.29, 0.717) is 0 Å². The molecule has 0 aliphatic carbocycles. The predicted octanol–water partition coefficient (Wildman–Crippen LogP) is 2.82. The van der Waals surface area contributed by atoms with Crippen LogP contribution in [-0.4, -0.2) is 25.8 Å². The maximum absolute atomic E-state index is 12.4. The van der Waals surface area contributed by atoms with Gasteiger partial charge >= 0.3 is 6.03 Å². The van der Waals surface area contributed by atoms with Gasteiger partial charge < -0.3 is 15.2 Å². The number of urea groups is 1. The number of pyridine rings is 1. The Balaban J connectivity index is 1.70. The predicted molar refractivity (Wildman–Crippen MR) is 92.0 cm³/mol. The van der Waals surface area contributed by atoms with Crippen molar-refractivity contribution in [2.45, 2.75) is 59.5 Å². The highest BCUT2D eigenvalue weighted by molar-refractivity contribution is 5.90. The minimum Gasteiger partial charge on any atom is -0.328 e. The van der Waals surface area contributed by atoms with Gasteiger partial charge in [0.05, 0.1) is 17.4 Å². The number of amides is 2. The number of aromatic nitrogens is 4. The van der Waals surface area contributed by atoms with Crippen molar-refractivity contribution in [3.63, 3.8) is 0 Å². The third-order valence-electron chi connectivity index (χ3n) is 4.39. The smallest absolute Gasteiger partial charge is 0.319 e. The molecule has 0 fully saturated rings. The van der Waals surface area contributed by atoms with E-state index in [-0.39, 0.29) is 12.1 Å². The number of nitrogens with one attached hydrogen (secondary N) is 2. The second-order valence-electron chi connectivity index (χ2n) is 6.44. The minimum atomic E-state index is -0.257. The van der Waals surface area contributed by atoms with Gasteiger partial charge in [-0.15, -0.1) is 10.2 Å². The second-order valence-corrected chi connectivity index (χ2v) is 6.44. The first-order valence-corrected chi connectivity index (χ1v) is 8.40. The molecule has 1 aliphatic rings. The number of aryl methyl sites for hydroxylation is 4. The highest BCUT2D eigenvalue weighted by Gasteiger charge is 2.21. The maximum Gasteiger partial charge on any atom is 0.319 e. The van der Waals surface area contributed by atoms with Crippen molar-refractivity contribution in [3.8, 4) is 0 Å². The third-order valence-corrected chi connectivity index (χ3v) is 4.39.